The van der Waals surface area contributed by atoms with E-state index in [1.54, 1.807) is 61.8 Å². The van der Waals surface area contributed by atoms with Gasteiger partial charge in [0.05, 0.1) is 74.6 Å². The monoisotopic (exact) mass is 877 g/mol. The van der Waals surface area contributed by atoms with Gasteiger partial charge < -0.3 is 31.3 Å². The number of H-pyrrole nitrogens is 3. The number of aromatic nitrogens is 6. The lowest BCUT2D eigenvalue weighted by Gasteiger charge is -2.06. The number of hydrogen-bond donors (Lipinski definition) is 6. The largest absolute Gasteiger partial charge is 0.397 e. The lowest BCUT2D eigenvalue weighted by atomic mass is 10.1. The maximum Gasteiger partial charge on any atom is 0.256 e. The van der Waals surface area contributed by atoms with Gasteiger partial charge in [0.2, 0.25) is 17.1 Å². The van der Waals surface area contributed by atoms with Crippen molar-refractivity contribution in [3.63, 3.8) is 0 Å². The Bertz CT molecular complexity index is 3150. The number of aromatic amines is 3. The van der Waals surface area contributed by atoms with Crippen LogP contribution in [-0.4, -0.2) is 58.7 Å². The van der Waals surface area contributed by atoms with E-state index in [1.807, 2.05) is 48.5 Å². The second-order valence-corrected chi connectivity index (χ2v) is 13.9. The highest BCUT2D eigenvalue weighted by Crippen LogP contribution is 2.23. The number of carbonyl (C=O) groups excluding carboxylic acids is 3. The van der Waals surface area contributed by atoms with Crippen LogP contribution in [0.15, 0.2) is 124 Å². The molecule has 15 nitrogen and oxygen atoms in total. The molecule has 9 rings (SSSR count). The highest BCUT2D eigenvalue weighted by molar-refractivity contribution is 6.67. The first-order valence-corrected chi connectivity index (χ1v) is 19.7. The van der Waals surface area contributed by atoms with Crippen molar-refractivity contribution in [3.05, 3.63) is 141 Å². The number of nitrogens with two attached hydrogens (primary N) is 1. The van der Waals surface area contributed by atoms with Crippen LogP contribution in [0.25, 0.3) is 65.4 Å². The molecule has 0 atom stereocenters. The zero-order chi connectivity index (χ0) is 43.6. The second kappa shape index (κ2) is 19.7. The summed E-state index contributed by atoms with van der Waals surface area (Å²) in [6.07, 6.45) is 5.12. The van der Waals surface area contributed by atoms with Crippen molar-refractivity contribution in [1.82, 2.24) is 29.9 Å². The Kier molecular flexibility index (Phi) is 14.0. The van der Waals surface area contributed by atoms with Gasteiger partial charge in [0, 0.05) is 38.7 Å². The number of carbonyl (C=O) groups is 3. The molecule has 61 heavy (non-hydrogen) atoms. The summed E-state index contributed by atoms with van der Waals surface area (Å²) in [5, 5.41) is 9.09. The molecule has 308 valence electrons. The summed E-state index contributed by atoms with van der Waals surface area (Å²) in [5.74, 6) is -0.640. The third kappa shape index (κ3) is 10.3. The number of nitrogens with one attached hydrogen (secondary N) is 5. The normalized spacial score (nSPS) is 10.6. The molecule has 6 aromatic heterocycles. The highest BCUT2D eigenvalue weighted by Gasteiger charge is 2.10. The number of halogens is 3. The molecule has 0 aliphatic carbocycles. The summed E-state index contributed by atoms with van der Waals surface area (Å²) >= 11 is 15.0. The Balaban J connectivity index is 0.000000146. The van der Waals surface area contributed by atoms with E-state index < -0.39 is 5.24 Å². The van der Waals surface area contributed by atoms with Gasteiger partial charge in [-0.15, -0.1) is 23.2 Å². The van der Waals surface area contributed by atoms with E-state index in [0.717, 1.165) is 27.2 Å². The summed E-state index contributed by atoms with van der Waals surface area (Å²) in [6.45, 7) is 1.78. The average molecular weight is 879 g/mol. The minimum absolute atomic E-state index is 0.0886. The summed E-state index contributed by atoms with van der Waals surface area (Å²) in [5.41, 5.74) is 10.8. The second-order valence-electron chi connectivity index (χ2n) is 13.0. The van der Waals surface area contributed by atoms with Crippen LogP contribution in [0.4, 0.5) is 17.1 Å². The fourth-order valence-corrected chi connectivity index (χ4v) is 6.22. The number of benzene rings is 3. The zero-order valence-corrected chi connectivity index (χ0v) is 34.3. The number of fused-ring (bicyclic) bond motifs is 9. The van der Waals surface area contributed by atoms with E-state index in [0.29, 0.717) is 61.7 Å². The molecular weight excluding hydrogens is 845 g/mol. The molecule has 3 aromatic carbocycles. The van der Waals surface area contributed by atoms with Gasteiger partial charge >= 0.3 is 0 Å². The van der Waals surface area contributed by atoms with Crippen LogP contribution in [0.5, 0.6) is 0 Å². The Morgan fingerprint density at radius 1 is 0.557 bits per heavy atom. The number of pyridine rings is 6. The van der Waals surface area contributed by atoms with Crippen LogP contribution in [0.1, 0.15) is 13.3 Å². The fraction of sp³-hybridized carbons (Fsp3) is 0.0930. The van der Waals surface area contributed by atoms with Crippen molar-refractivity contribution in [2.24, 2.45) is 0 Å². The first-order valence-electron chi connectivity index (χ1n) is 18.3. The van der Waals surface area contributed by atoms with Crippen molar-refractivity contribution in [2.45, 2.75) is 13.3 Å². The maximum atomic E-state index is 12.0. The van der Waals surface area contributed by atoms with E-state index >= 15 is 0 Å². The van der Waals surface area contributed by atoms with E-state index in [4.69, 9.17) is 40.5 Å². The van der Waals surface area contributed by atoms with Crippen LogP contribution in [0.3, 0.4) is 0 Å². The number of amides is 2. The lowest BCUT2D eigenvalue weighted by molar-refractivity contribution is -0.116. The molecule has 9 aromatic rings. The van der Waals surface area contributed by atoms with Gasteiger partial charge in [-0.25, -0.2) is 0 Å². The summed E-state index contributed by atoms with van der Waals surface area (Å²) < 4.78 is 0. The third-order valence-electron chi connectivity index (χ3n) is 8.82. The molecule has 0 unspecified atom stereocenters. The highest BCUT2D eigenvalue weighted by atomic mass is 35.5. The van der Waals surface area contributed by atoms with Crippen molar-refractivity contribution in [3.8, 4) is 0 Å². The minimum Gasteiger partial charge on any atom is -0.397 e. The van der Waals surface area contributed by atoms with E-state index in [9.17, 15) is 28.8 Å². The summed E-state index contributed by atoms with van der Waals surface area (Å²) in [7, 11) is 0. The number of nitrogens with zero attached hydrogens (tertiary/aromatic N) is 3. The van der Waals surface area contributed by atoms with E-state index in [-0.39, 0.29) is 40.3 Å². The Morgan fingerprint density at radius 3 is 1.26 bits per heavy atom. The quantitative estimate of drug-likeness (QED) is 0.0572. The maximum absolute atomic E-state index is 12.0. The topological polar surface area (TPSA) is 239 Å². The molecule has 6 heterocycles. The van der Waals surface area contributed by atoms with Gasteiger partial charge in [-0.05, 0) is 48.0 Å². The Morgan fingerprint density at radius 2 is 0.902 bits per heavy atom. The van der Waals surface area contributed by atoms with Crippen LogP contribution >= 0.6 is 34.8 Å². The van der Waals surface area contributed by atoms with Gasteiger partial charge in [0.25, 0.3) is 16.7 Å². The molecule has 2 amide bonds. The van der Waals surface area contributed by atoms with Crippen LogP contribution in [0, 0.1) is 0 Å². The molecule has 0 aliphatic rings. The average Bonchev–Trinajstić information content (AvgIpc) is 3.27. The predicted octanol–water partition coefficient (Wildman–Crippen LogP) is 7.33. The van der Waals surface area contributed by atoms with Gasteiger partial charge in [-0.1, -0.05) is 61.5 Å². The molecule has 18 heteroatoms. The summed E-state index contributed by atoms with van der Waals surface area (Å²) in [6, 6.07) is 27.1. The predicted molar refractivity (Wildman–Crippen MR) is 244 cm³/mol. The number of hydrogen-bond acceptors (Lipinski definition) is 10. The third-order valence-corrected chi connectivity index (χ3v) is 9.58. The molecule has 0 aliphatic heterocycles. The van der Waals surface area contributed by atoms with Gasteiger partial charge in [0.15, 0.2) is 0 Å². The summed E-state index contributed by atoms with van der Waals surface area (Å²) in [4.78, 5) is 89.1. The van der Waals surface area contributed by atoms with E-state index in [1.165, 1.54) is 6.20 Å². The number of anilines is 3. The number of nitrogen functional groups attached to an aromatic ring is 1. The van der Waals surface area contributed by atoms with Crippen molar-refractivity contribution < 1.29 is 14.4 Å². The Labute approximate surface area is 359 Å². The number of rotatable bonds is 5. The first kappa shape index (κ1) is 43.4. The van der Waals surface area contributed by atoms with Crippen LogP contribution in [-0.2, 0) is 14.4 Å². The molecule has 0 spiro atoms. The molecule has 7 N–H and O–H groups in total. The zero-order valence-electron chi connectivity index (χ0n) is 32.0. The van der Waals surface area contributed by atoms with Crippen molar-refractivity contribution in [2.75, 3.05) is 28.1 Å². The lowest BCUT2D eigenvalue weighted by Crippen LogP contribution is -2.13. The van der Waals surface area contributed by atoms with Gasteiger partial charge in [-0.3, -0.25) is 43.7 Å². The first-order chi connectivity index (χ1) is 29.4. The minimum atomic E-state index is -0.508. The molecule has 0 saturated carbocycles. The van der Waals surface area contributed by atoms with E-state index in [2.05, 4.69) is 40.5 Å². The fourth-order valence-electron chi connectivity index (χ4n) is 6.15. The molecule has 0 saturated heterocycles. The standard InChI is InChI=1S/C15H13N3O2.C14H10ClN3O2.C12H9N3O.C2H2Cl2O/c1-2-13(19)17-9-7-12-14(16-8-9)10-5-3-4-6-11(10)15(20)18-12;15-6-12(19)17-8-5-11-13(16-7-8)9-3-1-2-4-10(9)14(20)18-11;13-7-5-10-11(14-6-7)8-3-1-2-4-9(8)12(16)15-10;3-1-2(4)5/h3-8H,2H2,1H3,(H,17,19)(H,18,20);1-5,7H,6H2,(H,17,19)(H,18,20);1-6H,13H2,(H,15,16);1H2. The number of alkyl halides is 2. The SMILES string of the molecule is CCC(=O)Nc1cnc2c(c1)[nH]c(=O)c1ccccc12.Nc1cnc2c(c1)[nH]c(=O)c1ccccc12.O=C(CCl)Nc1cnc2c(c1)[nH]c(=O)c1ccccc12.O=C(Cl)CCl. The molecule has 0 bridgehead atoms. The smallest absolute Gasteiger partial charge is 0.256 e. The molecule has 0 radical (unpaired) electrons. The molecular formula is C43H34Cl3N9O6. The van der Waals surface area contributed by atoms with Crippen LogP contribution in [0.2, 0.25) is 0 Å². The van der Waals surface area contributed by atoms with Crippen LogP contribution < -0.4 is 33.0 Å². The van der Waals surface area contributed by atoms with Crippen molar-refractivity contribution >= 4 is 134 Å². The van der Waals surface area contributed by atoms with Gasteiger partial charge in [-0.2, -0.15) is 0 Å². The van der Waals surface area contributed by atoms with Gasteiger partial charge in [0.1, 0.15) is 5.88 Å². The molecule has 0 fully saturated rings. The van der Waals surface area contributed by atoms with Crippen molar-refractivity contribution in [1.29, 1.82) is 0 Å². The Hall–Kier alpha value is -7.20.